The van der Waals surface area contributed by atoms with Gasteiger partial charge in [-0.25, -0.2) is 0 Å². The van der Waals surface area contributed by atoms with Crippen LogP contribution in [0.4, 0.5) is 0 Å². The number of ether oxygens (including phenoxy) is 1. The summed E-state index contributed by atoms with van der Waals surface area (Å²) < 4.78 is 7.64. The number of nitrogens with zero attached hydrogens (tertiary/aromatic N) is 3. The van der Waals surface area contributed by atoms with Gasteiger partial charge < -0.3 is 4.74 Å². The molecule has 0 N–H and O–H groups in total. The SMILES string of the molecule is CCn1cc(-c2cnc(COCC3CC3)c(C)c2)cn1. The van der Waals surface area contributed by atoms with Gasteiger partial charge in [-0.15, -0.1) is 0 Å². The average molecular weight is 271 g/mol. The second-order valence-electron chi connectivity index (χ2n) is 5.53. The maximum absolute atomic E-state index is 5.71. The molecular formula is C16H21N3O. The molecule has 0 radical (unpaired) electrons. The Morgan fingerprint density at radius 1 is 1.30 bits per heavy atom. The van der Waals surface area contributed by atoms with E-state index in [4.69, 9.17) is 4.74 Å². The zero-order chi connectivity index (χ0) is 13.9. The van der Waals surface area contributed by atoms with Gasteiger partial charge in [-0.2, -0.15) is 5.10 Å². The molecule has 20 heavy (non-hydrogen) atoms. The van der Waals surface area contributed by atoms with Gasteiger partial charge in [0, 0.05) is 36.7 Å². The molecule has 0 atom stereocenters. The lowest BCUT2D eigenvalue weighted by Gasteiger charge is -2.07. The van der Waals surface area contributed by atoms with Gasteiger partial charge in [0.2, 0.25) is 0 Å². The Labute approximate surface area is 119 Å². The van der Waals surface area contributed by atoms with E-state index in [0.717, 1.165) is 35.9 Å². The summed E-state index contributed by atoms with van der Waals surface area (Å²) in [6.45, 7) is 6.57. The Morgan fingerprint density at radius 3 is 2.80 bits per heavy atom. The summed E-state index contributed by atoms with van der Waals surface area (Å²) in [5, 5.41) is 4.30. The van der Waals surface area contributed by atoms with Crippen LogP contribution in [0.5, 0.6) is 0 Å². The highest BCUT2D eigenvalue weighted by Crippen LogP contribution is 2.29. The molecule has 4 heteroatoms. The van der Waals surface area contributed by atoms with Crippen LogP contribution >= 0.6 is 0 Å². The van der Waals surface area contributed by atoms with Gasteiger partial charge >= 0.3 is 0 Å². The zero-order valence-electron chi connectivity index (χ0n) is 12.2. The van der Waals surface area contributed by atoms with Crippen LogP contribution in [0, 0.1) is 12.8 Å². The minimum atomic E-state index is 0.622. The van der Waals surface area contributed by atoms with E-state index in [0.29, 0.717) is 6.61 Å². The first-order valence-electron chi connectivity index (χ1n) is 7.32. The molecular weight excluding hydrogens is 250 g/mol. The Morgan fingerprint density at radius 2 is 2.15 bits per heavy atom. The lowest BCUT2D eigenvalue weighted by Crippen LogP contribution is -2.01. The predicted octanol–water partition coefficient (Wildman–Crippen LogP) is 3.20. The minimum absolute atomic E-state index is 0.622. The number of aromatic nitrogens is 3. The van der Waals surface area contributed by atoms with Crippen LogP contribution in [0.2, 0.25) is 0 Å². The number of rotatable bonds is 6. The van der Waals surface area contributed by atoms with Crippen molar-refractivity contribution in [1.82, 2.24) is 14.8 Å². The van der Waals surface area contributed by atoms with Crippen molar-refractivity contribution >= 4 is 0 Å². The van der Waals surface area contributed by atoms with Crippen LogP contribution < -0.4 is 0 Å². The fraction of sp³-hybridized carbons (Fsp3) is 0.500. The maximum Gasteiger partial charge on any atom is 0.0890 e. The number of hydrogen-bond donors (Lipinski definition) is 0. The Balaban J connectivity index is 1.68. The third-order valence-corrected chi connectivity index (χ3v) is 3.77. The van der Waals surface area contributed by atoms with Gasteiger partial charge in [0.05, 0.1) is 18.5 Å². The summed E-state index contributed by atoms with van der Waals surface area (Å²) in [7, 11) is 0. The van der Waals surface area contributed by atoms with Gasteiger partial charge in [0.25, 0.3) is 0 Å². The largest absolute Gasteiger partial charge is 0.375 e. The molecule has 0 amide bonds. The van der Waals surface area contributed by atoms with E-state index in [9.17, 15) is 0 Å². The fourth-order valence-corrected chi connectivity index (χ4v) is 2.20. The van der Waals surface area contributed by atoms with Gasteiger partial charge in [-0.05, 0) is 44.2 Å². The Hall–Kier alpha value is -1.68. The molecule has 0 spiro atoms. The smallest absolute Gasteiger partial charge is 0.0890 e. The molecule has 2 aromatic heterocycles. The molecule has 1 saturated carbocycles. The Kier molecular flexibility index (Phi) is 3.83. The van der Waals surface area contributed by atoms with Gasteiger partial charge in [0.1, 0.15) is 0 Å². The quantitative estimate of drug-likeness (QED) is 0.810. The second kappa shape index (κ2) is 5.75. The Bertz CT molecular complexity index is 587. The van der Waals surface area contributed by atoms with E-state index >= 15 is 0 Å². The van der Waals surface area contributed by atoms with Crippen LogP contribution in [-0.4, -0.2) is 21.4 Å². The maximum atomic E-state index is 5.71. The summed E-state index contributed by atoms with van der Waals surface area (Å²) in [6, 6.07) is 2.17. The molecule has 1 aliphatic carbocycles. The molecule has 0 saturated heterocycles. The molecule has 0 aromatic carbocycles. The molecule has 0 aliphatic heterocycles. The summed E-state index contributed by atoms with van der Waals surface area (Å²) in [6.07, 6.45) is 8.52. The summed E-state index contributed by atoms with van der Waals surface area (Å²) >= 11 is 0. The third-order valence-electron chi connectivity index (χ3n) is 3.77. The normalized spacial score (nSPS) is 14.7. The van der Waals surface area contributed by atoms with Crippen molar-refractivity contribution in [2.45, 2.75) is 39.8 Å². The molecule has 106 valence electrons. The van der Waals surface area contributed by atoms with Crippen molar-refractivity contribution < 1.29 is 4.74 Å². The fourth-order valence-electron chi connectivity index (χ4n) is 2.20. The van der Waals surface area contributed by atoms with E-state index in [1.807, 2.05) is 17.1 Å². The second-order valence-corrected chi connectivity index (χ2v) is 5.53. The van der Waals surface area contributed by atoms with Gasteiger partial charge in [0.15, 0.2) is 0 Å². The van der Waals surface area contributed by atoms with Crippen molar-refractivity contribution in [3.05, 3.63) is 35.9 Å². The molecule has 1 aliphatic rings. The lowest BCUT2D eigenvalue weighted by atomic mass is 10.1. The van der Waals surface area contributed by atoms with Crippen molar-refractivity contribution in [2.75, 3.05) is 6.61 Å². The van der Waals surface area contributed by atoms with Gasteiger partial charge in [-0.3, -0.25) is 9.67 Å². The molecule has 4 nitrogen and oxygen atoms in total. The first kappa shape index (κ1) is 13.3. The number of pyridine rings is 1. The summed E-state index contributed by atoms with van der Waals surface area (Å²) in [5.74, 6) is 0.800. The molecule has 0 unspecified atom stereocenters. The van der Waals surface area contributed by atoms with E-state index in [1.165, 1.54) is 18.4 Å². The first-order chi connectivity index (χ1) is 9.76. The first-order valence-corrected chi connectivity index (χ1v) is 7.32. The van der Waals surface area contributed by atoms with E-state index in [2.05, 4.69) is 36.2 Å². The number of hydrogen-bond acceptors (Lipinski definition) is 3. The summed E-state index contributed by atoms with van der Waals surface area (Å²) in [4.78, 5) is 4.54. The molecule has 0 bridgehead atoms. The highest BCUT2D eigenvalue weighted by Gasteiger charge is 2.21. The molecule has 3 rings (SSSR count). The molecule has 2 aromatic rings. The van der Waals surface area contributed by atoms with Crippen LogP contribution in [0.15, 0.2) is 24.7 Å². The van der Waals surface area contributed by atoms with Gasteiger partial charge in [-0.1, -0.05) is 0 Å². The predicted molar refractivity (Wildman–Crippen MR) is 78.2 cm³/mol. The lowest BCUT2D eigenvalue weighted by molar-refractivity contribution is 0.108. The van der Waals surface area contributed by atoms with Crippen molar-refractivity contribution in [3.8, 4) is 11.1 Å². The van der Waals surface area contributed by atoms with Crippen LogP contribution in [-0.2, 0) is 17.9 Å². The highest BCUT2D eigenvalue weighted by molar-refractivity contribution is 5.61. The average Bonchev–Trinajstić information content (AvgIpc) is 3.15. The minimum Gasteiger partial charge on any atom is -0.375 e. The molecule has 1 fully saturated rings. The van der Waals surface area contributed by atoms with Crippen molar-refractivity contribution in [1.29, 1.82) is 0 Å². The van der Waals surface area contributed by atoms with Crippen LogP contribution in [0.25, 0.3) is 11.1 Å². The summed E-state index contributed by atoms with van der Waals surface area (Å²) in [5.41, 5.74) is 4.46. The highest BCUT2D eigenvalue weighted by atomic mass is 16.5. The van der Waals surface area contributed by atoms with E-state index in [-0.39, 0.29) is 0 Å². The zero-order valence-corrected chi connectivity index (χ0v) is 12.2. The third kappa shape index (κ3) is 3.07. The topological polar surface area (TPSA) is 39.9 Å². The van der Waals surface area contributed by atoms with Crippen molar-refractivity contribution in [3.63, 3.8) is 0 Å². The monoisotopic (exact) mass is 271 g/mol. The standard InChI is InChI=1S/C16H21N3O/c1-3-19-9-15(8-18-19)14-6-12(2)16(17-7-14)11-20-10-13-4-5-13/h6-9,13H,3-5,10-11H2,1-2H3. The van der Waals surface area contributed by atoms with E-state index < -0.39 is 0 Å². The van der Waals surface area contributed by atoms with Crippen molar-refractivity contribution in [2.24, 2.45) is 5.92 Å². The van der Waals surface area contributed by atoms with Crippen LogP contribution in [0.3, 0.4) is 0 Å². The molecule has 2 heterocycles. The number of aryl methyl sites for hydroxylation is 2. The van der Waals surface area contributed by atoms with E-state index in [1.54, 1.807) is 0 Å². The van der Waals surface area contributed by atoms with Crippen LogP contribution in [0.1, 0.15) is 31.0 Å².